The summed E-state index contributed by atoms with van der Waals surface area (Å²) >= 11 is 0. The Bertz CT molecular complexity index is 1020. The number of benzene rings is 2. The number of methoxy groups -OCH3 is 2. The third-order valence-corrected chi connectivity index (χ3v) is 5.15. The van der Waals surface area contributed by atoms with Gasteiger partial charge in [0, 0.05) is 18.7 Å². The van der Waals surface area contributed by atoms with Crippen molar-refractivity contribution < 1.29 is 18.8 Å². The highest BCUT2D eigenvalue weighted by Crippen LogP contribution is 2.32. The first-order valence-electron chi connectivity index (χ1n) is 9.83. The molecule has 1 aliphatic rings. The summed E-state index contributed by atoms with van der Waals surface area (Å²) in [6, 6.07) is 14.7. The zero-order valence-electron chi connectivity index (χ0n) is 17.0. The fourth-order valence-corrected chi connectivity index (χ4v) is 3.58. The number of rotatable bonds is 6. The van der Waals surface area contributed by atoms with Gasteiger partial charge in [0.15, 0.2) is 0 Å². The van der Waals surface area contributed by atoms with Gasteiger partial charge in [-0.15, -0.1) is 0 Å². The fraction of sp³-hybridized carbons (Fsp3) is 0.318. The number of likely N-dealkylation sites (tertiary alicyclic amines) is 1. The lowest BCUT2D eigenvalue weighted by molar-refractivity contribution is 0.180. The van der Waals surface area contributed by atoms with Gasteiger partial charge in [0.25, 0.3) is 0 Å². The van der Waals surface area contributed by atoms with E-state index in [2.05, 4.69) is 15.5 Å². The number of nitrogens with zero attached hydrogens (tertiary/aromatic N) is 3. The Labute approximate surface area is 174 Å². The molecule has 30 heavy (non-hydrogen) atoms. The molecule has 1 N–H and O–H groups in total. The average molecular weight is 408 g/mol. The van der Waals surface area contributed by atoms with E-state index >= 15 is 0 Å². The Kier molecular flexibility index (Phi) is 5.83. The van der Waals surface area contributed by atoms with Crippen molar-refractivity contribution >= 4 is 6.03 Å². The summed E-state index contributed by atoms with van der Waals surface area (Å²) in [5.74, 6) is 2.41. The van der Waals surface area contributed by atoms with Gasteiger partial charge >= 0.3 is 6.03 Å². The van der Waals surface area contributed by atoms with Crippen molar-refractivity contribution in [3.63, 3.8) is 0 Å². The SMILES string of the molecule is COc1cccc(CNC(=O)N2CCC[C@H]2c2nc(-c3cccc(OC)c3)no2)c1. The molecule has 2 aromatic carbocycles. The molecule has 2 heterocycles. The third-order valence-electron chi connectivity index (χ3n) is 5.15. The van der Waals surface area contributed by atoms with Crippen LogP contribution in [0.25, 0.3) is 11.4 Å². The summed E-state index contributed by atoms with van der Waals surface area (Å²) in [6.07, 6.45) is 1.67. The summed E-state index contributed by atoms with van der Waals surface area (Å²) in [7, 11) is 3.23. The molecular formula is C22H24N4O4. The van der Waals surface area contributed by atoms with Gasteiger partial charge < -0.3 is 24.2 Å². The second-order valence-electron chi connectivity index (χ2n) is 7.05. The number of carbonyl (C=O) groups is 1. The first kappa shape index (κ1) is 19.8. The number of urea groups is 1. The number of nitrogens with one attached hydrogen (secondary N) is 1. The van der Waals surface area contributed by atoms with Gasteiger partial charge in [0.05, 0.1) is 14.2 Å². The second kappa shape index (κ2) is 8.86. The highest BCUT2D eigenvalue weighted by molar-refractivity contribution is 5.75. The number of hydrogen-bond donors (Lipinski definition) is 1. The third kappa shape index (κ3) is 4.22. The van der Waals surface area contributed by atoms with Gasteiger partial charge in [-0.1, -0.05) is 29.4 Å². The molecule has 0 spiro atoms. The fourth-order valence-electron chi connectivity index (χ4n) is 3.58. The van der Waals surface area contributed by atoms with Crippen LogP contribution >= 0.6 is 0 Å². The van der Waals surface area contributed by atoms with Gasteiger partial charge in [-0.2, -0.15) is 4.98 Å². The Morgan fingerprint density at radius 3 is 2.73 bits per heavy atom. The van der Waals surface area contributed by atoms with Crippen molar-refractivity contribution in [2.24, 2.45) is 0 Å². The van der Waals surface area contributed by atoms with Crippen molar-refractivity contribution in [3.8, 4) is 22.9 Å². The van der Waals surface area contributed by atoms with Crippen molar-refractivity contribution in [2.75, 3.05) is 20.8 Å². The molecule has 0 bridgehead atoms. The van der Waals surface area contributed by atoms with Crippen LogP contribution in [0.15, 0.2) is 53.1 Å². The van der Waals surface area contributed by atoms with E-state index in [4.69, 9.17) is 14.0 Å². The van der Waals surface area contributed by atoms with Crippen LogP contribution in [0.5, 0.6) is 11.5 Å². The monoisotopic (exact) mass is 408 g/mol. The zero-order valence-corrected chi connectivity index (χ0v) is 17.0. The number of aromatic nitrogens is 2. The molecule has 0 aliphatic carbocycles. The summed E-state index contributed by atoms with van der Waals surface area (Å²) < 4.78 is 16.0. The lowest BCUT2D eigenvalue weighted by atomic mass is 10.2. The molecule has 1 fully saturated rings. The van der Waals surface area contributed by atoms with E-state index in [0.29, 0.717) is 24.8 Å². The van der Waals surface area contributed by atoms with E-state index in [1.165, 1.54) is 0 Å². The lowest BCUT2D eigenvalue weighted by Crippen LogP contribution is -2.39. The standard InChI is InChI=1S/C22H24N4O4/c1-28-17-8-3-6-15(12-17)14-23-22(27)26-11-5-10-19(26)21-24-20(25-30-21)16-7-4-9-18(13-16)29-2/h3-4,6-9,12-13,19H,5,10-11,14H2,1-2H3,(H,23,27)/t19-/m0/s1. The molecule has 3 aromatic rings. The first-order chi connectivity index (χ1) is 14.7. The Morgan fingerprint density at radius 1 is 1.17 bits per heavy atom. The minimum atomic E-state index is -0.234. The highest BCUT2D eigenvalue weighted by atomic mass is 16.5. The smallest absolute Gasteiger partial charge is 0.318 e. The van der Waals surface area contributed by atoms with Crippen LogP contribution in [0.2, 0.25) is 0 Å². The van der Waals surface area contributed by atoms with Crippen LogP contribution in [-0.4, -0.2) is 41.8 Å². The van der Waals surface area contributed by atoms with Gasteiger partial charge in [-0.3, -0.25) is 0 Å². The molecule has 1 atom stereocenters. The Morgan fingerprint density at radius 2 is 1.93 bits per heavy atom. The van der Waals surface area contributed by atoms with E-state index in [-0.39, 0.29) is 12.1 Å². The molecule has 1 aliphatic heterocycles. The molecule has 156 valence electrons. The van der Waals surface area contributed by atoms with Crippen LogP contribution in [0.4, 0.5) is 4.79 Å². The summed E-state index contributed by atoms with van der Waals surface area (Å²) in [6.45, 7) is 1.06. The topological polar surface area (TPSA) is 89.7 Å². The number of hydrogen-bond acceptors (Lipinski definition) is 6. The van der Waals surface area contributed by atoms with Crippen molar-refractivity contribution in [3.05, 3.63) is 60.0 Å². The predicted octanol–water partition coefficient (Wildman–Crippen LogP) is 3.80. The Balaban J connectivity index is 1.44. The molecule has 8 nitrogen and oxygen atoms in total. The van der Waals surface area contributed by atoms with Gasteiger partial charge in [0.2, 0.25) is 11.7 Å². The normalized spacial score (nSPS) is 15.8. The van der Waals surface area contributed by atoms with E-state index in [0.717, 1.165) is 35.5 Å². The van der Waals surface area contributed by atoms with Crippen LogP contribution < -0.4 is 14.8 Å². The minimum absolute atomic E-state index is 0.151. The highest BCUT2D eigenvalue weighted by Gasteiger charge is 2.34. The molecule has 8 heteroatoms. The largest absolute Gasteiger partial charge is 0.497 e. The molecular weight excluding hydrogens is 384 g/mol. The van der Waals surface area contributed by atoms with E-state index in [1.54, 1.807) is 19.1 Å². The van der Waals surface area contributed by atoms with Gasteiger partial charge in [-0.05, 0) is 42.7 Å². The number of ether oxygens (including phenoxy) is 2. The summed E-state index contributed by atoms with van der Waals surface area (Å²) in [5.41, 5.74) is 1.77. The molecule has 0 saturated carbocycles. The maximum atomic E-state index is 12.8. The van der Waals surface area contributed by atoms with Crippen LogP contribution in [0.3, 0.4) is 0 Å². The average Bonchev–Trinajstić information content (AvgIpc) is 3.47. The van der Waals surface area contributed by atoms with Crippen molar-refractivity contribution in [1.82, 2.24) is 20.4 Å². The lowest BCUT2D eigenvalue weighted by Gasteiger charge is -2.22. The maximum absolute atomic E-state index is 12.8. The Hall–Kier alpha value is -3.55. The molecule has 0 unspecified atom stereocenters. The second-order valence-corrected chi connectivity index (χ2v) is 7.05. The molecule has 1 aromatic heterocycles. The molecule has 4 rings (SSSR count). The molecule has 0 radical (unpaired) electrons. The number of amides is 2. The van der Waals surface area contributed by atoms with Gasteiger partial charge in [0.1, 0.15) is 17.5 Å². The first-order valence-corrected chi connectivity index (χ1v) is 9.83. The van der Waals surface area contributed by atoms with E-state index in [9.17, 15) is 4.79 Å². The van der Waals surface area contributed by atoms with Crippen LogP contribution in [-0.2, 0) is 6.54 Å². The van der Waals surface area contributed by atoms with Crippen molar-refractivity contribution in [1.29, 1.82) is 0 Å². The van der Waals surface area contributed by atoms with Gasteiger partial charge in [-0.25, -0.2) is 4.79 Å². The van der Waals surface area contributed by atoms with Crippen LogP contribution in [0, 0.1) is 0 Å². The zero-order chi connectivity index (χ0) is 20.9. The molecule has 2 amide bonds. The predicted molar refractivity (Wildman–Crippen MR) is 110 cm³/mol. The minimum Gasteiger partial charge on any atom is -0.497 e. The quantitative estimate of drug-likeness (QED) is 0.667. The van der Waals surface area contributed by atoms with Crippen LogP contribution in [0.1, 0.15) is 30.3 Å². The van der Waals surface area contributed by atoms with E-state index in [1.807, 2.05) is 48.5 Å². The summed E-state index contributed by atoms with van der Waals surface area (Å²) in [5, 5.41) is 7.07. The maximum Gasteiger partial charge on any atom is 0.318 e. The number of carbonyl (C=O) groups excluding carboxylic acids is 1. The van der Waals surface area contributed by atoms with Crippen molar-refractivity contribution in [2.45, 2.75) is 25.4 Å². The van der Waals surface area contributed by atoms with E-state index < -0.39 is 0 Å². The summed E-state index contributed by atoms with van der Waals surface area (Å²) in [4.78, 5) is 19.1. The molecule has 1 saturated heterocycles.